The summed E-state index contributed by atoms with van der Waals surface area (Å²) in [4.78, 5) is 20.6. The Bertz CT molecular complexity index is 1050. The number of hydrogen-bond acceptors (Lipinski definition) is 6. The highest BCUT2D eigenvalue weighted by molar-refractivity contribution is 6.03. The molecule has 8 heteroatoms. The molecule has 3 heterocycles. The topological polar surface area (TPSA) is 117 Å². The summed E-state index contributed by atoms with van der Waals surface area (Å²) in [6.45, 7) is 0.257. The molecule has 0 radical (unpaired) electrons. The van der Waals surface area contributed by atoms with Crippen LogP contribution in [0.3, 0.4) is 0 Å². The van der Waals surface area contributed by atoms with Crippen LogP contribution in [-0.2, 0) is 0 Å². The number of carbonyl (C=O) groups excluding carboxylic acids is 1. The fourth-order valence-corrected chi connectivity index (χ4v) is 3.60. The lowest BCUT2D eigenvalue weighted by Crippen LogP contribution is -2.20. The van der Waals surface area contributed by atoms with Crippen molar-refractivity contribution in [2.45, 2.75) is 31.7 Å². The molecule has 0 aromatic carbocycles. The van der Waals surface area contributed by atoms with Gasteiger partial charge < -0.3 is 10.4 Å². The third-order valence-corrected chi connectivity index (χ3v) is 5.19. The first-order chi connectivity index (χ1) is 13.7. The van der Waals surface area contributed by atoms with E-state index < -0.39 is 5.91 Å². The van der Waals surface area contributed by atoms with Crippen molar-refractivity contribution >= 4 is 22.6 Å². The molecule has 0 saturated heterocycles. The summed E-state index contributed by atoms with van der Waals surface area (Å²) >= 11 is 0. The molecular formula is C20H20N6O2. The molecule has 0 unspecified atom stereocenters. The van der Waals surface area contributed by atoms with Crippen molar-refractivity contribution in [3.8, 4) is 6.07 Å². The number of anilines is 1. The Morgan fingerprint density at radius 3 is 2.89 bits per heavy atom. The largest absolute Gasteiger partial charge is 0.396 e. The Kier molecular flexibility index (Phi) is 5.00. The minimum absolute atomic E-state index is 0.164. The number of pyridine rings is 2. The summed E-state index contributed by atoms with van der Waals surface area (Å²) in [5, 5.41) is 26.4. The highest BCUT2D eigenvalue weighted by Crippen LogP contribution is 2.32. The molecule has 0 bridgehead atoms. The van der Waals surface area contributed by atoms with E-state index in [4.69, 9.17) is 5.26 Å². The minimum atomic E-state index is -0.418. The maximum atomic E-state index is 12.4. The Morgan fingerprint density at radius 1 is 1.32 bits per heavy atom. The van der Waals surface area contributed by atoms with Gasteiger partial charge in [-0.05, 0) is 49.8 Å². The smallest absolute Gasteiger partial charge is 0.275 e. The maximum Gasteiger partial charge on any atom is 0.275 e. The average molecular weight is 376 g/mol. The van der Waals surface area contributed by atoms with E-state index in [0.717, 1.165) is 36.6 Å². The number of nitrogens with one attached hydrogen (secondary N) is 1. The summed E-state index contributed by atoms with van der Waals surface area (Å²) in [6, 6.07) is 8.74. The maximum absolute atomic E-state index is 12.4. The fourth-order valence-electron chi connectivity index (χ4n) is 3.60. The second-order valence-electron chi connectivity index (χ2n) is 7.07. The lowest BCUT2D eigenvalue weighted by Gasteiger charge is -2.27. The molecule has 1 amide bonds. The van der Waals surface area contributed by atoms with Crippen LogP contribution in [0.1, 0.15) is 47.9 Å². The average Bonchev–Trinajstić information content (AvgIpc) is 3.17. The Hall–Kier alpha value is -3.31. The lowest BCUT2D eigenvalue weighted by molar-refractivity contribution is 0.102. The van der Waals surface area contributed by atoms with E-state index in [0.29, 0.717) is 17.8 Å². The van der Waals surface area contributed by atoms with Gasteiger partial charge in [0.15, 0.2) is 0 Å². The van der Waals surface area contributed by atoms with Gasteiger partial charge >= 0.3 is 0 Å². The molecule has 142 valence electrons. The number of nitriles is 1. The molecule has 2 N–H and O–H groups in total. The van der Waals surface area contributed by atoms with Gasteiger partial charge in [-0.2, -0.15) is 10.4 Å². The van der Waals surface area contributed by atoms with Crippen LogP contribution in [0.25, 0.3) is 10.9 Å². The van der Waals surface area contributed by atoms with Gasteiger partial charge in [-0.15, -0.1) is 0 Å². The lowest BCUT2D eigenvalue weighted by atomic mass is 9.87. The highest BCUT2D eigenvalue weighted by atomic mass is 16.3. The highest BCUT2D eigenvalue weighted by Gasteiger charge is 2.22. The number of aliphatic hydroxyl groups is 1. The van der Waals surface area contributed by atoms with E-state index >= 15 is 0 Å². The summed E-state index contributed by atoms with van der Waals surface area (Å²) < 4.78 is 1.98. The predicted molar refractivity (Wildman–Crippen MR) is 103 cm³/mol. The molecule has 1 aliphatic carbocycles. The van der Waals surface area contributed by atoms with Crippen LogP contribution in [0.5, 0.6) is 0 Å². The van der Waals surface area contributed by atoms with Crippen LogP contribution in [0.15, 0.2) is 36.7 Å². The van der Waals surface area contributed by atoms with E-state index in [-0.39, 0.29) is 18.0 Å². The van der Waals surface area contributed by atoms with Gasteiger partial charge in [-0.25, -0.2) is 9.97 Å². The van der Waals surface area contributed by atoms with Crippen LogP contribution >= 0.6 is 0 Å². The van der Waals surface area contributed by atoms with Gasteiger partial charge in [0, 0.05) is 18.2 Å². The van der Waals surface area contributed by atoms with Crippen molar-refractivity contribution in [1.82, 2.24) is 19.7 Å². The Balaban J connectivity index is 1.50. The molecule has 0 spiro atoms. The van der Waals surface area contributed by atoms with Gasteiger partial charge in [0.25, 0.3) is 5.91 Å². The first kappa shape index (κ1) is 18.1. The Labute approximate surface area is 161 Å². The number of aromatic nitrogens is 4. The second-order valence-corrected chi connectivity index (χ2v) is 7.07. The molecule has 1 aliphatic rings. The number of nitrogens with zero attached hydrogens (tertiary/aromatic N) is 5. The summed E-state index contributed by atoms with van der Waals surface area (Å²) in [7, 11) is 0. The monoisotopic (exact) mass is 376 g/mol. The first-order valence-electron chi connectivity index (χ1n) is 9.30. The van der Waals surface area contributed by atoms with E-state index in [2.05, 4.69) is 20.4 Å². The van der Waals surface area contributed by atoms with E-state index in [1.807, 2.05) is 16.9 Å². The van der Waals surface area contributed by atoms with Crippen LogP contribution in [0.2, 0.25) is 0 Å². The van der Waals surface area contributed by atoms with Gasteiger partial charge in [0.05, 0.1) is 12.2 Å². The van der Waals surface area contributed by atoms with Gasteiger partial charge in [0.2, 0.25) is 0 Å². The van der Waals surface area contributed by atoms with Crippen LogP contribution in [0.4, 0.5) is 5.82 Å². The number of fused-ring (bicyclic) bond motifs is 1. The summed E-state index contributed by atoms with van der Waals surface area (Å²) in [6.07, 6.45) is 7.62. The fraction of sp³-hybridized carbons (Fsp3) is 0.350. The SMILES string of the molecule is N#Cc1cccc(C(=O)Nc2cc3cn([C@H]4CC[C@H](CO)CC4)nc3cn2)n1. The molecule has 8 nitrogen and oxygen atoms in total. The van der Waals surface area contributed by atoms with Gasteiger partial charge in [-0.3, -0.25) is 9.48 Å². The number of aliphatic hydroxyl groups excluding tert-OH is 1. The molecule has 28 heavy (non-hydrogen) atoms. The quantitative estimate of drug-likeness (QED) is 0.723. The minimum Gasteiger partial charge on any atom is -0.396 e. The van der Waals surface area contributed by atoms with Gasteiger partial charge in [-0.1, -0.05) is 6.07 Å². The predicted octanol–water partition coefficient (Wildman–Crippen LogP) is 2.67. The van der Waals surface area contributed by atoms with Crippen molar-refractivity contribution in [3.05, 3.63) is 48.0 Å². The molecule has 0 aliphatic heterocycles. The zero-order chi connectivity index (χ0) is 19.5. The molecule has 3 aromatic heterocycles. The van der Waals surface area contributed by atoms with Crippen molar-refractivity contribution in [1.29, 1.82) is 5.26 Å². The molecular weight excluding hydrogens is 356 g/mol. The Morgan fingerprint density at radius 2 is 2.14 bits per heavy atom. The zero-order valence-electron chi connectivity index (χ0n) is 15.2. The zero-order valence-corrected chi connectivity index (χ0v) is 15.2. The summed E-state index contributed by atoms with van der Waals surface area (Å²) in [5.41, 5.74) is 1.12. The second kappa shape index (κ2) is 7.74. The standard InChI is InChI=1S/C20H20N6O2/c21-9-15-2-1-3-17(23-15)20(28)24-19-8-14-11-26(25-18(14)10-22-19)16-6-4-13(12-27)5-7-16/h1-3,8,10-11,13,16,27H,4-7,12H2,(H,24,28)/t13-,16-. The van der Waals surface area contributed by atoms with Crippen molar-refractivity contribution in [2.24, 2.45) is 5.92 Å². The van der Waals surface area contributed by atoms with Crippen molar-refractivity contribution in [2.75, 3.05) is 11.9 Å². The van der Waals surface area contributed by atoms with Crippen molar-refractivity contribution < 1.29 is 9.90 Å². The normalized spacial score (nSPS) is 19.3. The van der Waals surface area contributed by atoms with Crippen LogP contribution < -0.4 is 5.32 Å². The number of rotatable bonds is 4. The van der Waals surface area contributed by atoms with Gasteiger partial charge in [0.1, 0.15) is 28.8 Å². The van der Waals surface area contributed by atoms with E-state index in [1.54, 1.807) is 30.5 Å². The number of amides is 1. The molecule has 1 saturated carbocycles. The van der Waals surface area contributed by atoms with E-state index in [9.17, 15) is 9.90 Å². The molecule has 4 rings (SSSR count). The number of carbonyl (C=O) groups is 1. The number of hydrogen-bond donors (Lipinski definition) is 2. The van der Waals surface area contributed by atoms with Crippen molar-refractivity contribution in [3.63, 3.8) is 0 Å². The summed E-state index contributed by atoms with van der Waals surface area (Å²) in [5.74, 6) is 0.390. The first-order valence-corrected chi connectivity index (χ1v) is 9.30. The third kappa shape index (κ3) is 3.70. The molecule has 3 aromatic rings. The molecule has 1 fully saturated rings. The van der Waals surface area contributed by atoms with E-state index in [1.165, 1.54) is 0 Å². The van der Waals surface area contributed by atoms with Crippen LogP contribution in [-0.4, -0.2) is 37.4 Å². The third-order valence-electron chi connectivity index (χ3n) is 5.19. The molecule has 0 atom stereocenters. The van der Waals surface area contributed by atoms with Crippen LogP contribution in [0, 0.1) is 17.2 Å².